The predicted octanol–water partition coefficient (Wildman–Crippen LogP) is 0.571. The number of nitrogens with two attached hydrogens (primary N) is 1. The van der Waals surface area contributed by atoms with Crippen LogP contribution in [0, 0.1) is 0 Å². The van der Waals surface area contributed by atoms with E-state index in [9.17, 15) is 0 Å². The highest BCUT2D eigenvalue weighted by Crippen LogP contribution is 2.17. The molecule has 1 fully saturated rings. The molecule has 1 aromatic heterocycles. The first-order valence-corrected chi connectivity index (χ1v) is 6.80. The number of aromatic nitrogens is 3. The van der Waals surface area contributed by atoms with Gasteiger partial charge in [-0.05, 0) is 19.3 Å². The normalized spacial score (nSPS) is 20.3. The maximum absolute atomic E-state index is 5.90. The number of guanidine groups is 1. The van der Waals surface area contributed by atoms with Gasteiger partial charge in [-0.1, -0.05) is 12.8 Å². The van der Waals surface area contributed by atoms with E-state index in [2.05, 4.69) is 25.1 Å². The van der Waals surface area contributed by atoms with Gasteiger partial charge in [-0.3, -0.25) is 0 Å². The van der Waals surface area contributed by atoms with Crippen LogP contribution in [0.5, 0.6) is 0 Å². The van der Waals surface area contributed by atoms with Crippen LogP contribution < -0.4 is 11.1 Å². The Hall–Kier alpha value is -1.59. The molecule has 2 aliphatic rings. The van der Waals surface area contributed by atoms with E-state index in [4.69, 9.17) is 5.73 Å². The van der Waals surface area contributed by atoms with E-state index in [1.807, 2.05) is 0 Å². The van der Waals surface area contributed by atoms with Gasteiger partial charge in [0.1, 0.15) is 12.4 Å². The second-order valence-electron chi connectivity index (χ2n) is 5.11. The summed E-state index contributed by atoms with van der Waals surface area (Å²) in [6.07, 6.45) is 7.20. The van der Waals surface area contributed by atoms with Crippen molar-refractivity contribution in [2.45, 2.75) is 57.7 Å². The molecule has 0 aromatic carbocycles. The van der Waals surface area contributed by atoms with Gasteiger partial charge < -0.3 is 15.6 Å². The minimum Gasteiger partial charge on any atom is -0.370 e. The van der Waals surface area contributed by atoms with Crippen LogP contribution in [-0.4, -0.2) is 26.8 Å². The Morgan fingerprint density at radius 3 is 3.00 bits per heavy atom. The fraction of sp³-hybridized carbons (Fsp3) is 0.750. The van der Waals surface area contributed by atoms with E-state index in [0.717, 1.165) is 31.0 Å². The highest BCUT2D eigenvalue weighted by atomic mass is 15.3. The molecule has 1 saturated carbocycles. The van der Waals surface area contributed by atoms with Crippen molar-refractivity contribution in [3.63, 3.8) is 0 Å². The summed E-state index contributed by atoms with van der Waals surface area (Å²) in [4.78, 5) is 4.37. The fourth-order valence-electron chi connectivity index (χ4n) is 2.81. The molecule has 0 spiro atoms. The molecule has 0 saturated heterocycles. The Kier molecular flexibility index (Phi) is 3.17. The Labute approximate surface area is 107 Å². The van der Waals surface area contributed by atoms with Gasteiger partial charge in [-0.2, -0.15) is 0 Å². The lowest BCUT2D eigenvalue weighted by atomic mass is 10.2. The van der Waals surface area contributed by atoms with Crippen molar-refractivity contribution in [3.05, 3.63) is 11.6 Å². The second-order valence-corrected chi connectivity index (χ2v) is 5.11. The SMILES string of the molecule is NC(=NCc1nnc2n1CCC2)NC1CCCC1. The zero-order valence-electron chi connectivity index (χ0n) is 10.6. The summed E-state index contributed by atoms with van der Waals surface area (Å²) in [6, 6.07) is 0.512. The average molecular weight is 248 g/mol. The Morgan fingerprint density at radius 1 is 1.33 bits per heavy atom. The van der Waals surface area contributed by atoms with Crippen LogP contribution in [0.15, 0.2) is 4.99 Å². The second kappa shape index (κ2) is 4.96. The van der Waals surface area contributed by atoms with Crippen molar-refractivity contribution >= 4 is 5.96 Å². The molecule has 0 atom stereocenters. The first-order valence-electron chi connectivity index (χ1n) is 6.80. The van der Waals surface area contributed by atoms with Gasteiger partial charge in [-0.15, -0.1) is 10.2 Å². The number of fused-ring (bicyclic) bond motifs is 1. The molecule has 0 radical (unpaired) electrons. The molecule has 0 amide bonds. The lowest BCUT2D eigenvalue weighted by Crippen LogP contribution is -2.38. The first-order chi connectivity index (χ1) is 8.83. The first kappa shape index (κ1) is 11.5. The van der Waals surface area contributed by atoms with Crippen LogP contribution in [0.2, 0.25) is 0 Å². The van der Waals surface area contributed by atoms with Crippen molar-refractivity contribution in [3.8, 4) is 0 Å². The van der Waals surface area contributed by atoms with Crippen LogP contribution >= 0.6 is 0 Å². The van der Waals surface area contributed by atoms with Gasteiger partial charge in [0.15, 0.2) is 11.8 Å². The highest BCUT2D eigenvalue weighted by molar-refractivity contribution is 5.78. The van der Waals surface area contributed by atoms with Crippen molar-refractivity contribution in [2.75, 3.05) is 0 Å². The topological polar surface area (TPSA) is 81.1 Å². The zero-order valence-corrected chi connectivity index (χ0v) is 10.6. The Bertz CT molecular complexity index is 443. The molecule has 1 aliphatic heterocycles. The van der Waals surface area contributed by atoms with E-state index in [1.165, 1.54) is 25.7 Å². The Balaban J connectivity index is 1.58. The summed E-state index contributed by atoms with van der Waals surface area (Å²) in [7, 11) is 0. The van der Waals surface area contributed by atoms with Gasteiger partial charge >= 0.3 is 0 Å². The maximum atomic E-state index is 5.90. The lowest BCUT2D eigenvalue weighted by molar-refractivity contribution is 0.623. The van der Waals surface area contributed by atoms with Crippen molar-refractivity contribution in [2.24, 2.45) is 10.7 Å². The van der Waals surface area contributed by atoms with Crippen molar-refractivity contribution in [1.82, 2.24) is 20.1 Å². The molecular weight excluding hydrogens is 228 g/mol. The van der Waals surface area contributed by atoms with E-state index in [0.29, 0.717) is 18.5 Å². The maximum Gasteiger partial charge on any atom is 0.189 e. The molecule has 6 nitrogen and oxygen atoms in total. The highest BCUT2D eigenvalue weighted by Gasteiger charge is 2.17. The number of rotatable bonds is 3. The van der Waals surface area contributed by atoms with E-state index >= 15 is 0 Å². The molecule has 1 aliphatic carbocycles. The third kappa shape index (κ3) is 2.32. The number of hydrogen-bond acceptors (Lipinski definition) is 3. The fourth-order valence-corrected chi connectivity index (χ4v) is 2.81. The van der Waals surface area contributed by atoms with Crippen LogP contribution in [0.25, 0.3) is 0 Å². The summed E-state index contributed by atoms with van der Waals surface area (Å²) in [5, 5.41) is 11.6. The Morgan fingerprint density at radius 2 is 2.17 bits per heavy atom. The number of aryl methyl sites for hydroxylation is 1. The molecule has 98 valence electrons. The summed E-state index contributed by atoms with van der Waals surface area (Å²) in [6.45, 7) is 1.54. The molecule has 0 unspecified atom stereocenters. The van der Waals surface area contributed by atoms with E-state index < -0.39 is 0 Å². The van der Waals surface area contributed by atoms with E-state index in [-0.39, 0.29) is 0 Å². The minimum atomic E-state index is 0.512. The number of nitrogens with zero attached hydrogens (tertiary/aromatic N) is 4. The number of aliphatic imine (C=N–C) groups is 1. The van der Waals surface area contributed by atoms with Crippen LogP contribution in [-0.2, 0) is 19.5 Å². The number of nitrogens with one attached hydrogen (secondary N) is 1. The standard InChI is InChI=1S/C12H20N6/c13-12(15-9-4-1-2-5-9)14-8-11-17-16-10-6-3-7-18(10)11/h9H,1-8H2,(H3,13,14,15). The van der Waals surface area contributed by atoms with Crippen molar-refractivity contribution in [1.29, 1.82) is 0 Å². The summed E-state index contributed by atoms with van der Waals surface area (Å²) in [5.41, 5.74) is 5.90. The third-order valence-electron chi connectivity index (χ3n) is 3.78. The molecule has 0 bridgehead atoms. The van der Waals surface area contributed by atoms with Crippen LogP contribution in [0.1, 0.15) is 43.8 Å². The molecule has 2 heterocycles. The minimum absolute atomic E-state index is 0.512. The van der Waals surface area contributed by atoms with Crippen LogP contribution in [0.3, 0.4) is 0 Å². The largest absolute Gasteiger partial charge is 0.370 e. The predicted molar refractivity (Wildman–Crippen MR) is 69.1 cm³/mol. The number of hydrogen-bond donors (Lipinski definition) is 2. The lowest BCUT2D eigenvalue weighted by Gasteiger charge is -2.12. The summed E-state index contributed by atoms with van der Waals surface area (Å²) >= 11 is 0. The molecule has 18 heavy (non-hydrogen) atoms. The van der Waals surface area contributed by atoms with Gasteiger partial charge in [0.25, 0.3) is 0 Å². The average Bonchev–Trinajstić information content (AvgIpc) is 3.03. The third-order valence-corrected chi connectivity index (χ3v) is 3.78. The quantitative estimate of drug-likeness (QED) is 0.605. The van der Waals surface area contributed by atoms with Crippen LogP contribution in [0.4, 0.5) is 0 Å². The summed E-state index contributed by atoms with van der Waals surface area (Å²) in [5.74, 6) is 2.55. The van der Waals surface area contributed by atoms with Gasteiger partial charge in [0.2, 0.25) is 0 Å². The van der Waals surface area contributed by atoms with Gasteiger partial charge in [-0.25, -0.2) is 4.99 Å². The molecule has 1 aromatic rings. The molecular formula is C12H20N6. The molecule has 3 rings (SSSR count). The van der Waals surface area contributed by atoms with E-state index in [1.54, 1.807) is 0 Å². The van der Waals surface area contributed by atoms with Gasteiger partial charge in [0.05, 0.1) is 0 Å². The molecule has 6 heteroatoms. The smallest absolute Gasteiger partial charge is 0.189 e. The summed E-state index contributed by atoms with van der Waals surface area (Å²) < 4.78 is 2.16. The monoisotopic (exact) mass is 248 g/mol. The zero-order chi connectivity index (χ0) is 12.4. The van der Waals surface area contributed by atoms with Gasteiger partial charge in [0, 0.05) is 19.0 Å². The molecule has 3 N–H and O–H groups in total. The van der Waals surface area contributed by atoms with Crippen molar-refractivity contribution < 1.29 is 0 Å².